The van der Waals surface area contributed by atoms with Crippen LogP contribution >= 0.6 is 0 Å². The largest absolute Gasteiger partial charge is 0.376 e. The summed E-state index contributed by atoms with van der Waals surface area (Å²) < 4.78 is 91.5. The number of benzene rings is 1. The Morgan fingerprint density at radius 2 is 1.48 bits per heavy atom. The van der Waals surface area contributed by atoms with Crippen molar-refractivity contribution >= 4 is 10.1 Å². The maximum atomic E-state index is 13.2. The van der Waals surface area contributed by atoms with E-state index < -0.39 is 50.7 Å². The monoisotopic (exact) mass is 327 g/mol. The lowest BCUT2D eigenvalue weighted by molar-refractivity contribution is 0.347. The van der Waals surface area contributed by atoms with Gasteiger partial charge in [-0.2, -0.15) is 22.5 Å². The minimum Gasteiger partial charge on any atom is -0.376 e. The molecule has 10 heteroatoms. The predicted molar refractivity (Wildman–Crippen MR) is 60.0 cm³/mol. The van der Waals surface area contributed by atoms with Crippen LogP contribution in [0.15, 0.2) is 12.2 Å². The van der Waals surface area contributed by atoms with Crippen molar-refractivity contribution in [2.75, 3.05) is 5.75 Å². The summed E-state index contributed by atoms with van der Waals surface area (Å²) in [5.41, 5.74) is 0. The third-order valence-electron chi connectivity index (χ3n) is 2.11. The zero-order valence-corrected chi connectivity index (χ0v) is 10.9. The molecule has 4 nitrogen and oxygen atoms in total. The molecule has 1 rings (SSSR count). The molecule has 0 saturated heterocycles. The average molecular weight is 327 g/mol. The van der Waals surface area contributed by atoms with Gasteiger partial charge in [0.05, 0.1) is 11.8 Å². The van der Waals surface area contributed by atoms with Crippen LogP contribution in [0.1, 0.15) is 6.42 Å². The smallest absolute Gasteiger partial charge is 0.309 e. The highest BCUT2D eigenvalue weighted by molar-refractivity contribution is 7.87. The number of hydrogen-bond donors (Lipinski definition) is 0. The van der Waals surface area contributed by atoms with Gasteiger partial charge in [0, 0.05) is 6.08 Å². The predicted octanol–water partition coefficient (Wildman–Crippen LogP) is 2.56. The van der Waals surface area contributed by atoms with E-state index in [1.807, 2.05) is 0 Å². The number of halogens is 5. The zero-order valence-electron chi connectivity index (χ0n) is 10.0. The van der Waals surface area contributed by atoms with Crippen LogP contribution in [0.3, 0.4) is 0 Å². The lowest BCUT2D eigenvalue weighted by atomic mass is 10.3. The summed E-state index contributed by atoms with van der Waals surface area (Å²) in [4.78, 5) is 0. The lowest BCUT2D eigenvalue weighted by Gasteiger charge is -2.09. The van der Waals surface area contributed by atoms with Crippen LogP contribution in [0.2, 0.25) is 0 Å². The second kappa shape index (κ2) is 6.53. The normalized spacial score (nSPS) is 11.6. The molecule has 0 aliphatic rings. The first-order chi connectivity index (χ1) is 9.71. The van der Waals surface area contributed by atoms with Crippen molar-refractivity contribution in [2.45, 2.75) is 6.42 Å². The zero-order chi connectivity index (χ0) is 16.2. The van der Waals surface area contributed by atoms with Crippen molar-refractivity contribution in [3.63, 3.8) is 0 Å². The highest BCUT2D eigenvalue weighted by Gasteiger charge is 2.29. The van der Waals surface area contributed by atoms with E-state index in [1.165, 1.54) is 0 Å². The minimum atomic E-state index is -4.60. The summed E-state index contributed by atoms with van der Waals surface area (Å²) in [6, 6.07) is 1.57. The molecule has 0 aliphatic carbocycles. The molecule has 21 heavy (non-hydrogen) atoms. The molecule has 1 aromatic carbocycles. The van der Waals surface area contributed by atoms with Crippen LogP contribution in [0.4, 0.5) is 22.0 Å². The van der Waals surface area contributed by atoms with Gasteiger partial charge in [-0.25, -0.2) is 13.2 Å². The molecular formula is C11H6F5NO3S. The fourth-order valence-electron chi connectivity index (χ4n) is 1.17. The van der Waals surface area contributed by atoms with Crippen molar-refractivity contribution < 1.29 is 34.6 Å². The first-order valence-corrected chi connectivity index (χ1v) is 6.77. The Morgan fingerprint density at radius 3 is 1.95 bits per heavy atom. The van der Waals surface area contributed by atoms with Crippen LogP contribution < -0.4 is 4.18 Å². The van der Waals surface area contributed by atoms with E-state index in [0.717, 1.165) is 12.2 Å². The fourth-order valence-corrected chi connectivity index (χ4v) is 2.08. The van der Waals surface area contributed by atoms with Gasteiger partial charge in [0.25, 0.3) is 0 Å². The molecule has 1 aromatic rings. The van der Waals surface area contributed by atoms with Crippen molar-refractivity contribution in [1.29, 1.82) is 5.26 Å². The third kappa shape index (κ3) is 3.91. The quantitative estimate of drug-likeness (QED) is 0.274. The molecule has 0 saturated carbocycles. The van der Waals surface area contributed by atoms with Crippen LogP contribution in [0.5, 0.6) is 5.75 Å². The van der Waals surface area contributed by atoms with E-state index in [1.54, 1.807) is 6.07 Å². The third-order valence-corrected chi connectivity index (χ3v) is 3.26. The number of nitrogens with zero attached hydrogens (tertiary/aromatic N) is 1. The summed E-state index contributed by atoms with van der Waals surface area (Å²) in [5, 5.41) is 8.16. The molecule has 0 heterocycles. The summed E-state index contributed by atoms with van der Waals surface area (Å²) in [7, 11) is -4.60. The molecule has 114 valence electrons. The van der Waals surface area contributed by atoms with E-state index in [2.05, 4.69) is 4.18 Å². The number of hydrogen-bond acceptors (Lipinski definition) is 4. The Hall–Kier alpha value is -2.15. The molecule has 0 aliphatic heterocycles. The Labute approximate surface area is 116 Å². The van der Waals surface area contributed by atoms with E-state index in [4.69, 9.17) is 5.26 Å². The number of rotatable bonds is 5. The highest BCUT2D eigenvalue weighted by atomic mass is 32.2. The van der Waals surface area contributed by atoms with Gasteiger partial charge in [0.2, 0.25) is 34.8 Å². The van der Waals surface area contributed by atoms with Gasteiger partial charge in [-0.1, -0.05) is 6.08 Å². The molecule has 0 aromatic heterocycles. The Balaban J connectivity index is 3.09. The summed E-state index contributed by atoms with van der Waals surface area (Å²) in [5.74, 6) is -14.5. The van der Waals surface area contributed by atoms with Crippen molar-refractivity contribution in [3.05, 3.63) is 41.2 Å². The van der Waals surface area contributed by atoms with Crippen molar-refractivity contribution in [3.8, 4) is 11.8 Å². The summed E-state index contributed by atoms with van der Waals surface area (Å²) in [6.45, 7) is 0. The number of allylic oxidation sites excluding steroid dienone is 2. The van der Waals surface area contributed by atoms with Crippen LogP contribution in [-0.4, -0.2) is 14.2 Å². The molecule has 0 bridgehead atoms. The Morgan fingerprint density at radius 1 is 1.00 bits per heavy atom. The van der Waals surface area contributed by atoms with Gasteiger partial charge < -0.3 is 4.18 Å². The SMILES string of the molecule is N#CC=CCCS(=O)(=O)Oc1c(F)c(F)c(F)c(F)c1F. The Bertz CT molecular complexity index is 695. The maximum Gasteiger partial charge on any atom is 0.309 e. The first-order valence-electron chi connectivity index (χ1n) is 5.19. The summed E-state index contributed by atoms with van der Waals surface area (Å²) in [6.07, 6.45) is 1.83. The van der Waals surface area contributed by atoms with E-state index >= 15 is 0 Å². The molecule has 0 radical (unpaired) electrons. The average Bonchev–Trinajstić information content (AvgIpc) is 2.44. The van der Waals surface area contributed by atoms with Crippen LogP contribution in [0.25, 0.3) is 0 Å². The van der Waals surface area contributed by atoms with Gasteiger partial charge >= 0.3 is 10.1 Å². The van der Waals surface area contributed by atoms with Gasteiger partial charge in [0.15, 0.2) is 0 Å². The first kappa shape index (κ1) is 16.9. The fraction of sp³-hybridized carbons (Fsp3) is 0.182. The van der Waals surface area contributed by atoms with Crippen LogP contribution in [0, 0.1) is 40.4 Å². The maximum absolute atomic E-state index is 13.2. The number of nitriles is 1. The van der Waals surface area contributed by atoms with Crippen LogP contribution in [-0.2, 0) is 10.1 Å². The second-order valence-electron chi connectivity index (χ2n) is 3.56. The van der Waals surface area contributed by atoms with Gasteiger partial charge in [0.1, 0.15) is 0 Å². The molecule has 0 fully saturated rings. The van der Waals surface area contributed by atoms with Gasteiger partial charge in [-0.3, -0.25) is 0 Å². The lowest BCUT2D eigenvalue weighted by Crippen LogP contribution is -2.17. The Kier molecular flexibility index (Phi) is 5.26. The topological polar surface area (TPSA) is 67.2 Å². The van der Waals surface area contributed by atoms with E-state index in [0.29, 0.717) is 0 Å². The van der Waals surface area contributed by atoms with Gasteiger partial charge in [-0.05, 0) is 6.42 Å². The molecule has 0 unspecified atom stereocenters. The molecular weight excluding hydrogens is 321 g/mol. The highest BCUT2D eigenvalue weighted by Crippen LogP contribution is 2.30. The molecule has 0 spiro atoms. The minimum absolute atomic E-state index is 0.245. The van der Waals surface area contributed by atoms with Gasteiger partial charge in [-0.15, -0.1) is 0 Å². The van der Waals surface area contributed by atoms with E-state index in [-0.39, 0.29) is 6.42 Å². The van der Waals surface area contributed by atoms with Crippen molar-refractivity contribution in [2.24, 2.45) is 0 Å². The molecule has 0 N–H and O–H groups in total. The van der Waals surface area contributed by atoms with E-state index in [9.17, 15) is 30.4 Å². The standard InChI is InChI=1S/C11H6F5NO3S/c12-6-7(13)9(15)11(10(16)8(6)14)20-21(18,19)5-3-1-2-4-17/h1-2H,3,5H2. The summed E-state index contributed by atoms with van der Waals surface area (Å²) >= 11 is 0. The van der Waals surface area contributed by atoms with Crippen molar-refractivity contribution in [1.82, 2.24) is 0 Å². The second-order valence-corrected chi connectivity index (χ2v) is 5.25. The molecule has 0 atom stereocenters. The molecule has 0 amide bonds.